The Labute approximate surface area is 119 Å². The summed E-state index contributed by atoms with van der Waals surface area (Å²) in [4.78, 5) is 11.7. The topological polar surface area (TPSA) is 89.3 Å². The molecule has 1 aromatic rings. The SMILES string of the molecule is CC(C(=O)NCc1cccc(C#CCN)c1)S(C)(=O)=O. The molecule has 1 rings (SSSR count). The second-order valence-electron chi connectivity index (χ2n) is 4.40. The van der Waals surface area contributed by atoms with Gasteiger partial charge in [-0.25, -0.2) is 8.42 Å². The fraction of sp³-hybridized carbons (Fsp3) is 0.357. The van der Waals surface area contributed by atoms with Gasteiger partial charge >= 0.3 is 0 Å². The Morgan fingerprint density at radius 3 is 2.75 bits per heavy atom. The minimum Gasteiger partial charge on any atom is -0.351 e. The van der Waals surface area contributed by atoms with Crippen LogP contribution in [0.1, 0.15) is 18.1 Å². The Balaban J connectivity index is 2.69. The van der Waals surface area contributed by atoms with Crippen LogP contribution in [0.15, 0.2) is 24.3 Å². The number of carbonyl (C=O) groups is 1. The highest BCUT2D eigenvalue weighted by molar-refractivity contribution is 7.92. The molecule has 0 aliphatic carbocycles. The third-order valence-electron chi connectivity index (χ3n) is 2.74. The van der Waals surface area contributed by atoms with Crippen LogP contribution < -0.4 is 11.1 Å². The average molecular weight is 294 g/mol. The van der Waals surface area contributed by atoms with E-state index in [-0.39, 0.29) is 13.1 Å². The summed E-state index contributed by atoms with van der Waals surface area (Å²) < 4.78 is 22.5. The Bertz CT molecular complexity index is 642. The highest BCUT2D eigenvalue weighted by atomic mass is 32.2. The zero-order valence-electron chi connectivity index (χ0n) is 11.5. The molecule has 0 radical (unpaired) electrons. The van der Waals surface area contributed by atoms with E-state index in [1.165, 1.54) is 6.92 Å². The highest BCUT2D eigenvalue weighted by Crippen LogP contribution is 2.05. The largest absolute Gasteiger partial charge is 0.351 e. The normalized spacial score (nSPS) is 12.2. The molecule has 5 nitrogen and oxygen atoms in total. The number of carbonyl (C=O) groups excluding carboxylic acids is 1. The summed E-state index contributed by atoms with van der Waals surface area (Å²) in [5, 5.41) is 1.54. The van der Waals surface area contributed by atoms with Gasteiger partial charge in [0, 0.05) is 18.4 Å². The van der Waals surface area contributed by atoms with Gasteiger partial charge in [0.05, 0.1) is 6.54 Å². The first-order valence-corrected chi connectivity index (χ1v) is 8.04. The Kier molecular flexibility index (Phi) is 5.74. The number of benzene rings is 1. The summed E-state index contributed by atoms with van der Waals surface area (Å²) in [6.07, 6.45) is 1.04. The predicted molar refractivity (Wildman–Crippen MR) is 78.5 cm³/mol. The molecule has 1 atom stereocenters. The summed E-state index contributed by atoms with van der Waals surface area (Å²) >= 11 is 0. The molecule has 108 valence electrons. The summed E-state index contributed by atoms with van der Waals surface area (Å²) in [6, 6.07) is 7.32. The number of rotatable bonds is 4. The number of hydrogen-bond donors (Lipinski definition) is 2. The van der Waals surface area contributed by atoms with Crippen molar-refractivity contribution in [3.8, 4) is 11.8 Å². The van der Waals surface area contributed by atoms with Gasteiger partial charge in [0.1, 0.15) is 5.25 Å². The predicted octanol–water partition coefficient (Wildman–Crippen LogP) is 0.0461. The van der Waals surface area contributed by atoms with Crippen molar-refractivity contribution in [3.63, 3.8) is 0 Å². The Hall–Kier alpha value is -1.84. The summed E-state index contributed by atoms with van der Waals surface area (Å²) in [7, 11) is -3.37. The smallest absolute Gasteiger partial charge is 0.238 e. The van der Waals surface area contributed by atoms with Crippen molar-refractivity contribution in [1.29, 1.82) is 0 Å². The molecule has 0 saturated heterocycles. The molecule has 6 heteroatoms. The highest BCUT2D eigenvalue weighted by Gasteiger charge is 2.22. The van der Waals surface area contributed by atoms with E-state index >= 15 is 0 Å². The van der Waals surface area contributed by atoms with Gasteiger partial charge in [0.25, 0.3) is 0 Å². The molecule has 0 bridgehead atoms. The fourth-order valence-electron chi connectivity index (χ4n) is 1.44. The van der Waals surface area contributed by atoms with Crippen molar-refractivity contribution in [2.75, 3.05) is 12.8 Å². The van der Waals surface area contributed by atoms with E-state index < -0.39 is 21.0 Å². The maximum Gasteiger partial charge on any atom is 0.238 e. The average Bonchev–Trinajstić information content (AvgIpc) is 2.41. The van der Waals surface area contributed by atoms with Crippen LogP contribution in [0.5, 0.6) is 0 Å². The van der Waals surface area contributed by atoms with Crippen molar-refractivity contribution in [2.24, 2.45) is 5.73 Å². The maximum absolute atomic E-state index is 11.7. The van der Waals surface area contributed by atoms with Gasteiger partial charge in [-0.3, -0.25) is 4.79 Å². The third kappa shape index (κ3) is 5.03. The van der Waals surface area contributed by atoms with Crippen LogP contribution in [0.4, 0.5) is 0 Å². The van der Waals surface area contributed by atoms with E-state index in [0.717, 1.165) is 17.4 Å². The number of hydrogen-bond acceptors (Lipinski definition) is 4. The van der Waals surface area contributed by atoms with Gasteiger partial charge in [-0.2, -0.15) is 0 Å². The molecule has 1 aromatic carbocycles. The molecule has 0 fully saturated rings. The van der Waals surface area contributed by atoms with E-state index in [4.69, 9.17) is 5.73 Å². The molecule has 0 aliphatic rings. The number of amides is 1. The number of nitrogens with two attached hydrogens (primary N) is 1. The molecule has 0 heterocycles. The van der Waals surface area contributed by atoms with Crippen LogP contribution in [0.2, 0.25) is 0 Å². The summed E-state index contributed by atoms with van der Waals surface area (Å²) in [5.74, 6) is 5.13. The zero-order chi connectivity index (χ0) is 15.2. The summed E-state index contributed by atoms with van der Waals surface area (Å²) in [5.41, 5.74) is 6.95. The van der Waals surface area contributed by atoms with Crippen molar-refractivity contribution in [1.82, 2.24) is 5.32 Å². The van der Waals surface area contributed by atoms with Gasteiger partial charge in [-0.05, 0) is 24.6 Å². The van der Waals surface area contributed by atoms with Crippen LogP contribution in [-0.2, 0) is 21.2 Å². The van der Waals surface area contributed by atoms with Crippen LogP contribution >= 0.6 is 0 Å². The minimum absolute atomic E-state index is 0.261. The van der Waals surface area contributed by atoms with E-state index in [1.807, 2.05) is 24.3 Å². The molecule has 1 unspecified atom stereocenters. The van der Waals surface area contributed by atoms with E-state index in [9.17, 15) is 13.2 Å². The molecule has 0 aliphatic heterocycles. The molecule has 20 heavy (non-hydrogen) atoms. The van der Waals surface area contributed by atoms with Crippen LogP contribution in [0.3, 0.4) is 0 Å². The van der Waals surface area contributed by atoms with E-state index in [1.54, 1.807) is 0 Å². The van der Waals surface area contributed by atoms with Crippen LogP contribution in [0.25, 0.3) is 0 Å². The molecule has 0 aromatic heterocycles. The van der Waals surface area contributed by atoms with Gasteiger partial charge in [0.15, 0.2) is 9.84 Å². The fourth-order valence-corrected chi connectivity index (χ4v) is 1.91. The first-order chi connectivity index (χ1) is 9.34. The van der Waals surface area contributed by atoms with Gasteiger partial charge < -0.3 is 11.1 Å². The first-order valence-electron chi connectivity index (χ1n) is 6.09. The molecule has 0 spiro atoms. The molecule has 1 amide bonds. The minimum atomic E-state index is -3.37. The van der Waals surface area contributed by atoms with Crippen molar-refractivity contribution < 1.29 is 13.2 Å². The second kappa shape index (κ2) is 7.08. The van der Waals surface area contributed by atoms with Crippen molar-refractivity contribution in [3.05, 3.63) is 35.4 Å². The standard InChI is InChI=1S/C14H18N2O3S/c1-11(20(2,18)19)14(17)16-10-13-6-3-5-12(9-13)7-4-8-15/h3,5-6,9,11H,8,10,15H2,1-2H3,(H,16,17). The van der Waals surface area contributed by atoms with Gasteiger partial charge in [-0.15, -0.1) is 0 Å². The van der Waals surface area contributed by atoms with Gasteiger partial charge in [-0.1, -0.05) is 24.0 Å². The van der Waals surface area contributed by atoms with Crippen LogP contribution in [-0.4, -0.2) is 32.4 Å². The van der Waals surface area contributed by atoms with E-state index in [0.29, 0.717) is 0 Å². The molecular weight excluding hydrogens is 276 g/mol. The molecule has 3 N–H and O–H groups in total. The van der Waals surface area contributed by atoms with Crippen LogP contribution in [0, 0.1) is 11.8 Å². The quantitative estimate of drug-likeness (QED) is 0.768. The lowest BCUT2D eigenvalue weighted by Crippen LogP contribution is -2.37. The molecule has 0 saturated carbocycles. The first kappa shape index (κ1) is 16.2. The monoisotopic (exact) mass is 294 g/mol. The lowest BCUT2D eigenvalue weighted by atomic mass is 10.1. The Morgan fingerprint density at radius 1 is 1.45 bits per heavy atom. The van der Waals surface area contributed by atoms with E-state index in [2.05, 4.69) is 17.2 Å². The lowest BCUT2D eigenvalue weighted by molar-refractivity contribution is -0.120. The molecular formula is C14H18N2O3S. The lowest BCUT2D eigenvalue weighted by Gasteiger charge is -2.10. The zero-order valence-corrected chi connectivity index (χ0v) is 12.3. The van der Waals surface area contributed by atoms with Crippen molar-refractivity contribution in [2.45, 2.75) is 18.7 Å². The maximum atomic E-state index is 11.7. The Morgan fingerprint density at radius 2 is 2.15 bits per heavy atom. The number of nitrogens with one attached hydrogen (secondary N) is 1. The summed E-state index contributed by atoms with van der Waals surface area (Å²) in [6.45, 7) is 1.91. The number of sulfone groups is 1. The third-order valence-corrected chi connectivity index (χ3v) is 4.24. The van der Waals surface area contributed by atoms with Crippen molar-refractivity contribution >= 4 is 15.7 Å². The second-order valence-corrected chi connectivity index (χ2v) is 6.76. The van der Waals surface area contributed by atoms with Gasteiger partial charge in [0.2, 0.25) is 5.91 Å².